The van der Waals surface area contributed by atoms with Gasteiger partial charge in [-0.3, -0.25) is 19.2 Å². The lowest BCUT2D eigenvalue weighted by molar-refractivity contribution is -0.138. The first kappa shape index (κ1) is 39.2. The fourth-order valence-electron chi connectivity index (χ4n) is 5.18. The number of aliphatic carboxylic acids is 1. The van der Waals surface area contributed by atoms with E-state index in [0.717, 1.165) is 18.2 Å². The predicted molar refractivity (Wildman–Crippen MR) is 185 cm³/mol. The molecule has 13 nitrogen and oxygen atoms in total. The van der Waals surface area contributed by atoms with Gasteiger partial charge in [-0.05, 0) is 68.8 Å². The molecule has 2 unspecified atom stereocenters. The largest absolute Gasteiger partial charge is 0.478 e. The number of carboxylic acids is 1. The van der Waals surface area contributed by atoms with E-state index in [-0.39, 0.29) is 59.3 Å². The Morgan fingerprint density at radius 2 is 1.79 bits per heavy atom. The van der Waals surface area contributed by atoms with E-state index in [9.17, 15) is 41.9 Å². The zero-order valence-corrected chi connectivity index (χ0v) is 29.7. The van der Waals surface area contributed by atoms with Crippen LogP contribution in [-0.2, 0) is 33.5 Å². The molecule has 1 aromatic heterocycles. The summed E-state index contributed by atoms with van der Waals surface area (Å²) in [5.74, 6) is -3.24. The second kappa shape index (κ2) is 16.2. The molecular weight excluding hydrogens is 755 g/mol. The highest BCUT2D eigenvalue weighted by atomic mass is 79.9. The van der Waals surface area contributed by atoms with Crippen molar-refractivity contribution in [2.75, 3.05) is 19.0 Å². The molecule has 0 saturated heterocycles. The highest BCUT2D eigenvalue weighted by molar-refractivity contribution is 9.10. The highest BCUT2D eigenvalue weighted by Crippen LogP contribution is 2.36. The van der Waals surface area contributed by atoms with Crippen molar-refractivity contribution < 1.29 is 47.0 Å². The first-order valence-electron chi connectivity index (χ1n) is 15.6. The molecule has 1 aliphatic heterocycles. The van der Waals surface area contributed by atoms with Crippen LogP contribution in [0.2, 0.25) is 0 Å². The van der Waals surface area contributed by atoms with Crippen molar-refractivity contribution in [3.8, 4) is 5.69 Å². The van der Waals surface area contributed by atoms with Crippen LogP contribution in [0.5, 0.6) is 0 Å². The maximum Gasteiger partial charge on any atom is 0.417 e. The van der Waals surface area contributed by atoms with Gasteiger partial charge in [-0.25, -0.2) is 24.0 Å². The van der Waals surface area contributed by atoms with Gasteiger partial charge in [0, 0.05) is 52.8 Å². The van der Waals surface area contributed by atoms with Crippen molar-refractivity contribution in [2.45, 2.75) is 51.5 Å². The van der Waals surface area contributed by atoms with E-state index in [1.165, 1.54) is 46.8 Å². The summed E-state index contributed by atoms with van der Waals surface area (Å²) in [4.78, 5) is 81.9. The molecule has 1 aliphatic rings. The maximum atomic E-state index is 14.1. The number of nitrogens with zero attached hydrogens (tertiary/aromatic N) is 4. The zero-order valence-electron chi connectivity index (χ0n) is 28.1. The van der Waals surface area contributed by atoms with E-state index in [4.69, 9.17) is 9.84 Å². The molecule has 0 spiro atoms. The Balaban J connectivity index is 1.59. The number of benzene rings is 2. The van der Waals surface area contributed by atoms with Gasteiger partial charge in [-0.1, -0.05) is 22.0 Å². The Hall–Kier alpha value is -5.58. The number of carboxylic acid groups (broad SMARTS) is 1. The van der Waals surface area contributed by atoms with Gasteiger partial charge in [0.25, 0.3) is 17.4 Å². The van der Waals surface area contributed by atoms with Crippen molar-refractivity contribution in [2.24, 2.45) is 0 Å². The molecule has 0 fully saturated rings. The molecule has 0 radical (unpaired) electrons. The summed E-state index contributed by atoms with van der Waals surface area (Å²) in [5, 5.41) is 11.7. The Kier molecular flexibility index (Phi) is 12.2. The number of anilines is 1. The number of hydrogen-bond acceptors (Lipinski definition) is 9. The van der Waals surface area contributed by atoms with E-state index in [0.29, 0.717) is 22.2 Å². The van der Waals surface area contributed by atoms with E-state index >= 15 is 0 Å². The number of hydrogen-bond donors (Lipinski definition) is 2. The first-order chi connectivity index (χ1) is 24.4. The summed E-state index contributed by atoms with van der Waals surface area (Å²) in [6.45, 7) is 6.64. The number of nitrogens with one attached hydrogen (secondary N) is 1. The summed E-state index contributed by atoms with van der Waals surface area (Å²) < 4.78 is 46.7. The topological polar surface area (TPSA) is 168 Å². The van der Waals surface area contributed by atoms with Crippen LogP contribution in [0.15, 0.2) is 76.5 Å². The van der Waals surface area contributed by atoms with E-state index in [2.05, 4.69) is 32.8 Å². The van der Waals surface area contributed by atoms with Crippen LogP contribution in [0.4, 0.5) is 23.9 Å². The molecule has 2 atom stereocenters. The molecule has 2 N–H and O–H groups in total. The maximum absolute atomic E-state index is 14.1. The minimum Gasteiger partial charge on any atom is -0.478 e. The number of carbonyl (C=O) groups is 5. The van der Waals surface area contributed by atoms with Crippen molar-refractivity contribution in [3.63, 3.8) is 0 Å². The molecule has 3 amide bonds. The number of imide groups is 1. The van der Waals surface area contributed by atoms with Crippen LogP contribution in [0, 0.1) is 0 Å². The lowest BCUT2D eigenvalue weighted by atomic mass is 9.98. The number of allylic oxidation sites excluding steroid dienone is 1. The smallest absolute Gasteiger partial charge is 0.417 e. The summed E-state index contributed by atoms with van der Waals surface area (Å²) in [6, 6.07) is 7.95. The molecule has 274 valence electrons. The third-order valence-corrected chi connectivity index (χ3v) is 8.73. The summed E-state index contributed by atoms with van der Waals surface area (Å²) in [5.41, 5.74) is -0.739. The third-order valence-electron chi connectivity index (χ3n) is 8.04. The second-order valence-corrected chi connectivity index (χ2v) is 12.6. The van der Waals surface area contributed by atoms with Crippen LogP contribution in [-0.4, -0.2) is 79.9 Å². The average Bonchev–Trinajstić information content (AvgIpc) is 3.09. The number of fused-ring (bicyclic) bond motifs is 1. The molecule has 0 bridgehead atoms. The average molecular weight is 789 g/mol. The van der Waals surface area contributed by atoms with Crippen molar-refractivity contribution in [3.05, 3.63) is 110 Å². The van der Waals surface area contributed by atoms with E-state index in [1.54, 1.807) is 19.9 Å². The molecular formula is C35H33BrF3N5O8. The number of amides is 3. The fraction of sp³-hybridized carbons (Fsp3) is 0.286. The van der Waals surface area contributed by atoms with Crippen molar-refractivity contribution in [1.82, 2.24) is 19.4 Å². The second-order valence-electron chi connectivity index (χ2n) is 11.8. The Labute approximate surface area is 303 Å². The van der Waals surface area contributed by atoms with Gasteiger partial charge in [0.05, 0.1) is 23.5 Å². The Morgan fingerprint density at radius 3 is 2.40 bits per heavy atom. The van der Waals surface area contributed by atoms with Gasteiger partial charge in [-0.2, -0.15) is 13.2 Å². The summed E-state index contributed by atoms with van der Waals surface area (Å²) in [7, 11) is 1.17. The number of ether oxygens (including phenoxy) is 1. The minimum atomic E-state index is -4.69. The molecule has 17 heteroatoms. The van der Waals surface area contributed by atoms with Crippen LogP contribution in [0.25, 0.3) is 5.69 Å². The number of alkyl halides is 3. The van der Waals surface area contributed by atoms with Gasteiger partial charge < -0.3 is 20.1 Å². The molecule has 2 aromatic carbocycles. The van der Waals surface area contributed by atoms with Crippen molar-refractivity contribution in [1.29, 1.82) is 0 Å². The van der Waals surface area contributed by atoms with Gasteiger partial charge in [-0.15, -0.1) is 6.58 Å². The molecule has 0 saturated carbocycles. The molecule has 4 rings (SSSR count). The molecule has 3 aromatic rings. The summed E-state index contributed by atoms with van der Waals surface area (Å²) in [6.07, 6.45) is -2.93. The van der Waals surface area contributed by atoms with E-state index in [1.807, 2.05) is 0 Å². The first-order valence-corrected chi connectivity index (χ1v) is 16.4. The van der Waals surface area contributed by atoms with Gasteiger partial charge in [0.1, 0.15) is 6.61 Å². The fourth-order valence-corrected chi connectivity index (χ4v) is 5.66. The molecule has 52 heavy (non-hydrogen) atoms. The zero-order chi connectivity index (χ0) is 38.5. The minimum absolute atomic E-state index is 0.0533. The standard InChI is InChI=1S/C35H33BrF3N5O8/c1-5-19(2)40-33-41-28-18-43(31(49)22-8-12-27(36)26(17-22)35(37,38)39)20(3)16-25(28)32(50)44(33)23-9-6-21(7-10-23)30(48)42(4)34(51)52-15-14-24(45)11-13-29(46)47/h5-13,17,19-20H,1,14-16,18H2,2-4H3,(H,40,41)(H,46,47)/b13-11+. The third kappa shape index (κ3) is 9.01. The Morgan fingerprint density at radius 1 is 1.13 bits per heavy atom. The van der Waals surface area contributed by atoms with Gasteiger partial charge in [0.15, 0.2) is 5.78 Å². The number of ketones is 1. The summed E-state index contributed by atoms with van der Waals surface area (Å²) >= 11 is 2.89. The normalized spacial score (nSPS) is 14.7. The predicted octanol–water partition coefficient (Wildman–Crippen LogP) is 5.40. The quantitative estimate of drug-likeness (QED) is 0.190. The number of carbonyl (C=O) groups excluding carboxylic acids is 4. The lowest BCUT2D eigenvalue weighted by Gasteiger charge is -2.35. The highest BCUT2D eigenvalue weighted by Gasteiger charge is 2.36. The van der Waals surface area contributed by atoms with Crippen LogP contribution < -0.4 is 10.9 Å². The molecule has 2 heterocycles. The Bertz CT molecular complexity index is 2010. The van der Waals surface area contributed by atoms with Gasteiger partial charge >= 0.3 is 18.2 Å². The van der Waals surface area contributed by atoms with Crippen molar-refractivity contribution >= 4 is 51.5 Å². The lowest BCUT2D eigenvalue weighted by Crippen LogP contribution is -2.46. The van der Waals surface area contributed by atoms with Crippen LogP contribution >= 0.6 is 15.9 Å². The SMILES string of the molecule is C=CC(C)Nc1nc2c(c(=O)n1-c1ccc(C(=O)N(C)C(=O)OCCC(=O)/C=C/C(=O)O)cc1)CC(C)N(C(=O)c1ccc(Br)c(C(F)(F)F)c1)C2. The monoisotopic (exact) mass is 787 g/mol. The number of halogens is 4. The van der Waals surface area contributed by atoms with Gasteiger partial charge in [0.2, 0.25) is 5.95 Å². The van der Waals surface area contributed by atoms with Crippen LogP contribution in [0.3, 0.4) is 0 Å². The number of aromatic nitrogens is 2. The van der Waals surface area contributed by atoms with E-state index < -0.39 is 53.0 Å². The molecule has 0 aliphatic carbocycles. The van der Waals surface area contributed by atoms with Crippen LogP contribution in [0.1, 0.15) is 57.8 Å². The number of rotatable bonds is 11.